The Balaban J connectivity index is 2.81. The Bertz CT molecular complexity index is 373. The molecule has 0 bridgehead atoms. The fourth-order valence-electron chi connectivity index (χ4n) is 2.42. The molecule has 0 aromatic heterocycles. The number of hydrogen-bond donors (Lipinski definition) is 2. The fourth-order valence-corrected chi connectivity index (χ4v) is 4.75. The minimum Gasteiger partial charge on any atom is -0.392 e. The quantitative estimate of drug-likeness (QED) is 0.751. The molecule has 0 radical (unpaired) electrons. The van der Waals surface area contributed by atoms with Crippen LogP contribution in [0, 0.1) is 0 Å². The van der Waals surface area contributed by atoms with Gasteiger partial charge in [-0.25, -0.2) is 13.1 Å². The first-order valence-electron chi connectivity index (χ1n) is 6.13. The number of hydrogen-bond acceptors (Lipinski definition) is 3. The maximum Gasteiger partial charge on any atom is 0.221 e. The third kappa shape index (κ3) is 3.89. The van der Waals surface area contributed by atoms with Crippen molar-refractivity contribution < 1.29 is 8.42 Å². The minimum absolute atomic E-state index is 0.0550. The third-order valence-electron chi connectivity index (χ3n) is 3.41. The van der Waals surface area contributed by atoms with Gasteiger partial charge in [-0.2, -0.15) is 0 Å². The van der Waals surface area contributed by atoms with Crippen molar-refractivity contribution in [3.63, 3.8) is 0 Å². The maximum absolute atomic E-state index is 12.2. The van der Waals surface area contributed by atoms with Crippen LogP contribution in [-0.4, -0.2) is 24.2 Å². The zero-order valence-electron chi connectivity index (χ0n) is 10.5. The molecule has 0 aromatic rings. The third-order valence-corrected chi connectivity index (χ3v) is 5.96. The molecular formula is C11H22N2O2S2. The van der Waals surface area contributed by atoms with E-state index in [1.54, 1.807) is 6.92 Å². The van der Waals surface area contributed by atoms with E-state index in [9.17, 15) is 8.42 Å². The molecule has 6 heteroatoms. The summed E-state index contributed by atoms with van der Waals surface area (Å²) in [5.41, 5.74) is 5.17. The Hall–Kier alpha value is -0.200. The van der Waals surface area contributed by atoms with Crippen LogP contribution in [0.25, 0.3) is 0 Å². The number of nitrogens with two attached hydrogens (primary N) is 1. The fraction of sp³-hybridized carbons (Fsp3) is 0.909. The van der Waals surface area contributed by atoms with Crippen molar-refractivity contribution in [3.8, 4) is 0 Å². The zero-order chi connectivity index (χ0) is 13.1. The van der Waals surface area contributed by atoms with Crippen molar-refractivity contribution in [3.05, 3.63) is 0 Å². The van der Waals surface area contributed by atoms with Crippen LogP contribution in [0.2, 0.25) is 0 Å². The molecule has 1 saturated carbocycles. The van der Waals surface area contributed by atoms with Crippen molar-refractivity contribution >= 4 is 27.2 Å². The van der Waals surface area contributed by atoms with E-state index in [2.05, 4.69) is 4.72 Å². The van der Waals surface area contributed by atoms with E-state index in [4.69, 9.17) is 18.0 Å². The predicted molar refractivity (Wildman–Crippen MR) is 74.4 cm³/mol. The minimum atomic E-state index is -3.45. The molecule has 0 saturated heterocycles. The molecule has 1 atom stereocenters. The summed E-state index contributed by atoms with van der Waals surface area (Å²) < 4.78 is 27.2. The van der Waals surface area contributed by atoms with Crippen molar-refractivity contribution in [2.24, 2.45) is 5.73 Å². The molecule has 4 nitrogen and oxygen atoms in total. The highest BCUT2D eigenvalue weighted by Crippen LogP contribution is 2.28. The van der Waals surface area contributed by atoms with Crippen LogP contribution in [0.1, 0.15) is 52.4 Å². The summed E-state index contributed by atoms with van der Waals surface area (Å²) in [4.78, 5) is 0.0550. The molecule has 3 N–H and O–H groups in total. The van der Waals surface area contributed by atoms with Gasteiger partial charge >= 0.3 is 0 Å². The summed E-state index contributed by atoms with van der Waals surface area (Å²) >= 11 is 4.83. The maximum atomic E-state index is 12.2. The first kappa shape index (κ1) is 14.9. The first-order chi connectivity index (χ1) is 7.81. The van der Waals surface area contributed by atoms with E-state index in [0.29, 0.717) is 6.42 Å². The van der Waals surface area contributed by atoms with Gasteiger partial charge < -0.3 is 5.73 Å². The summed E-state index contributed by atoms with van der Waals surface area (Å²) in [5, 5.41) is -0.753. The monoisotopic (exact) mass is 278 g/mol. The SMILES string of the molecule is CCC(C(N)=S)S(=O)(=O)NC1(C)CCCCC1. The van der Waals surface area contributed by atoms with Crippen LogP contribution in [0.4, 0.5) is 0 Å². The number of thiocarbonyl (C=S) groups is 1. The lowest BCUT2D eigenvalue weighted by Crippen LogP contribution is -2.52. The molecule has 1 rings (SSSR count). The van der Waals surface area contributed by atoms with Crippen molar-refractivity contribution in [2.45, 2.75) is 63.2 Å². The van der Waals surface area contributed by atoms with Crippen LogP contribution < -0.4 is 10.5 Å². The van der Waals surface area contributed by atoms with Crippen LogP contribution in [0.3, 0.4) is 0 Å². The molecule has 0 aliphatic heterocycles. The Morgan fingerprint density at radius 2 is 1.94 bits per heavy atom. The molecule has 1 aliphatic rings. The lowest BCUT2D eigenvalue weighted by molar-refractivity contribution is 0.293. The standard InChI is InChI=1S/C11H22N2O2S2/c1-3-9(10(12)16)17(14,15)13-11(2)7-5-4-6-8-11/h9,13H,3-8H2,1-2H3,(H2,12,16). The Morgan fingerprint density at radius 1 is 1.41 bits per heavy atom. The van der Waals surface area contributed by atoms with Crippen molar-refractivity contribution in [1.82, 2.24) is 4.72 Å². The van der Waals surface area contributed by atoms with Crippen molar-refractivity contribution in [2.75, 3.05) is 0 Å². The van der Waals surface area contributed by atoms with Gasteiger partial charge in [0.2, 0.25) is 10.0 Å². The average molecular weight is 278 g/mol. The number of rotatable bonds is 5. The van der Waals surface area contributed by atoms with Crippen LogP contribution >= 0.6 is 12.2 Å². The van der Waals surface area contributed by atoms with E-state index >= 15 is 0 Å². The van der Waals surface area contributed by atoms with Crippen molar-refractivity contribution in [1.29, 1.82) is 0 Å². The van der Waals surface area contributed by atoms with E-state index < -0.39 is 15.3 Å². The van der Waals surface area contributed by atoms with E-state index in [1.165, 1.54) is 6.42 Å². The summed E-state index contributed by atoms with van der Waals surface area (Å²) in [6.45, 7) is 3.75. The molecule has 0 spiro atoms. The van der Waals surface area contributed by atoms with Crippen LogP contribution in [-0.2, 0) is 10.0 Å². The molecular weight excluding hydrogens is 256 g/mol. The van der Waals surface area contributed by atoms with Crippen LogP contribution in [0.15, 0.2) is 0 Å². The van der Waals surface area contributed by atoms with Gasteiger partial charge in [-0.05, 0) is 26.2 Å². The lowest BCUT2D eigenvalue weighted by atomic mass is 9.84. The Labute approximate surface area is 109 Å². The zero-order valence-corrected chi connectivity index (χ0v) is 12.2. The molecule has 100 valence electrons. The second kappa shape index (κ2) is 5.63. The Morgan fingerprint density at radius 3 is 2.35 bits per heavy atom. The van der Waals surface area contributed by atoms with E-state index in [1.807, 2.05) is 6.92 Å². The molecule has 17 heavy (non-hydrogen) atoms. The molecule has 0 heterocycles. The predicted octanol–water partition coefficient (Wildman–Crippen LogP) is 1.69. The largest absolute Gasteiger partial charge is 0.392 e. The van der Waals surface area contributed by atoms with Crippen LogP contribution in [0.5, 0.6) is 0 Å². The highest BCUT2D eigenvalue weighted by molar-refractivity contribution is 7.93. The molecule has 0 aromatic carbocycles. The molecule has 1 fully saturated rings. The second-order valence-corrected chi connectivity index (χ2v) is 7.40. The normalized spacial score (nSPS) is 22.0. The van der Waals surface area contributed by atoms with E-state index in [0.717, 1.165) is 25.7 Å². The first-order valence-corrected chi connectivity index (χ1v) is 8.08. The average Bonchev–Trinajstić information content (AvgIpc) is 2.16. The van der Waals surface area contributed by atoms with Gasteiger partial charge in [0.1, 0.15) is 5.25 Å². The summed E-state index contributed by atoms with van der Waals surface area (Å²) in [7, 11) is -3.45. The smallest absolute Gasteiger partial charge is 0.221 e. The molecule has 0 amide bonds. The highest BCUT2D eigenvalue weighted by Gasteiger charge is 2.35. The van der Waals surface area contributed by atoms with Gasteiger partial charge in [-0.3, -0.25) is 0 Å². The summed E-state index contributed by atoms with van der Waals surface area (Å²) in [6, 6.07) is 0. The molecule has 1 aliphatic carbocycles. The van der Waals surface area contributed by atoms with Gasteiger partial charge in [0.15, 0.2) is 0 Å². The second-order valence-electron chi connectivity index (χ2n) is 5.07. The number of sulfonamides is 1. The van der Waals surface area contributed by atoms with Gasteiger partial charge in [-0.15, -0.1) is 0 Å². The van der Waals surface area contributed by atoms with Gasteiger partial charge in [0.05, 0.1) is 4.99 Å². The highest BCUT2D eigenvalue weighted by atomic mass is 32.2. The van der Waals surface area contributed by atoms with Gasteiger partial charge in [0.25, 0.3) is 0 Å². The summed E-state index contributed by atoms with van der Waals surface area (Å²) in [5.74, 6) is 0. The van der Waals surface area contributed by atoms with Gasteiger partial charge in [-0.1, -0.05) is 38.4 Å². The Kier molecular flexibility index (Phi) is 4.92. The lowest BCUT2D eigenvalue weighted by Gasteiger charge is -2.35. The number of nitrogens with one attached hydrogen (secondary N) is 1. The topological polar surface area (TPSA) is 72.2 Å². The van der Waals surface area contributed by atoms with Gasteiger partial charge in [0, 0.05) is 5.54 Å². The summed E-state index contributed by atoms with van der Waals surface area (Å²) in [6.07, 6.45) is 5.52. The van der Waals surface area contributed by atoms with E-state index in [-0.39, 0.29) is 10.5 Å². The molecule has 1 unspecified atom stereocenters.